The van der Waals surface area contributed by atoms with E-state index in [0.717, 1.165) is 36.6 Å². The third kappa shape index (κ3) is 2.18. The number of aromatic nitrogens is 2. The average Bonchev–Trinajstić information content (AvgIpc) is 3.27. The molecule has 0 spiro atoms. The van der Waals surface area contributed by atoms with E-state index in [9.17, 15) is 0 Å². The van der Waals surface area contributed by atoms with Crippen molar-refractivity contribution in [3.05, 3.63) is 63.5 Å². The molecule has 2 aromatic heterocycles. The molecule has 0 unspecified atom stereocenters. The maximum atomic E-state index is 8.92. The van der Waals surface area contributed by atoms with Crippen LogP contribution < -0.4 is 5.32 Å². The quantitative estimate of drug-likeness (QED) is 0.807. The van der Waals surface area contributed by atoms with Crippen molar-refractivity contribution < 1.29 is 0 Å². The summed E-state index contributed by atoms with van der Waals surface area (Å²) in [6, 6.07) is 13.9. The molecule has 0 bridgehead atoms. The number of hydrogen-bond acceptors (Lipinski definition) is 4. The third-order valence-corrected chi connectivity index (χ3v) is 4.77. The Morgan fingerprint density at radius 2 is 2.14 bits per heavy atom. The van der Waals surface area contributed by atoms with Gasteiger partial charge in [-0.25, -0.2) is 4.68 Å². The van der Waals surface area contributed by atoms with E-state index in [1.807, 2.05) is 28.9 Å². The van der Waals surface area contributed by atoms with Gasteiger partial charge < -0.3 is 5.32 Å². The molecule has 0 amide bonds. The minimum Gasteiger partial charge on any atom is -0.369 e. The summed E-state index contributed by atoms with van der Waals surface area (Å²) in [6.07, 6.45) is 1.90. The highest BCUT2D eigenvalue weighted by atomic mass is 32.1. The first kappa shape index (κ1) is 13.1. The van der Waals surface area contributed by atoms with Crippen LogP contribution in [0.15, 0.2) is 41.8 Å². The summed E-state index contributed by atoms with van der Waals surface area (Å²) in [5, 5.41) is 19.3. The SMILES string of the molecule is N#Cc1ccc(-n2nc(Cc3cccs3)c3c2NCC3)cc1. The lowest BCUT2D eigenvalue weighted by Gasteiger charge is -2.06. The van der Waals surface area contributed by atoms with Crippen LogP contribution in [0.3, 0.4) is 0 Å². The zero-order chi connectivity index (χ0) is 14.9. The number of benzene rings is 1. The van der Waals surface area contributed by atoms with Gasteiger partial charge in [-0.2, -0.15) is 10.4 Å². The second kappa shape index (κ2) is 5.32. The lowest BCUT2D eigenvalue weighted by Crippen LogP contribution is -2.05. The fourth-order valence-corrected chi connectivity index (χ4v) is 3.54. The highest BCUT2D eigenvalue weighted by molar-refractivity contribution is 7.09. The molecule has 3 heterocycles. The van der Waals surface area contributed by atoms with Crippen molar-refractivity contribution in [1.29, 1.82) is 5.26 Å². The van der Waals surface area contributed by atoms with Gasteiger partial charge in [0.05, 0.1) is 23.0 Å². The molecule has 4 rings (SSSR count). The molecule has 5 heteroatoms. The molecule has 1 aliphatic heterocycles. The highest BCUT2D eigenvalue weighted by Gasteiger charge is 2.23. The maximum absolute atomic E-state index is 8.92. The maximum Gasteiger partial charge on any atom is 0.133 e. The largest absolute Gasteiger partial charge is 0.369 e. The second-order valence-corrected chi connectivity index (χ2v) is 6.31. The molecule has 0 aliphatic carbocycles. The summed E-state index contributed by atoms with van der Waals surface area (Å²) < 4.78 is 1.96. The molecule has 108 valence electrons. The molecular formula is C17H14N4S. The van der Waals surface area contributed by atoms with Crippen LogP contribution in [0.2, 0.25) is 0 Å². The number of anilines is 1. The first-order valence-corrected chi connectivity index (χ1v) is 8.10. The zero-order valence-electron chi connectivity index (χ0n) is 11.9. The summed E-state index contributed by atoms with van der Waals surface area (Å²) in [6.45, 7) is 0.959. The van der Waals surface area contributed by atoms with Crippen molar-refractivity contribution in [3.63, 3.8) is 0 Å². The average molecular weight is 306 g/mol. The molecule has 4 nitrogen and oxygen atoms in total. The van der Waals surface area contributed by atoms with E-state index in [1.165, 1.54) is 10.4 Å². The van der Waals surface area contributed by atoms with Crippen LogP contribution in [0.5, 0.6) is 0 Å². The van der Waals surface area contributed by atoms with Crippen LogP contribution in [-0.4, -0.2) is 16.3 Å². The van der Waals surface area contributed by atoms with Crippen molar-refractivity contribution in [2.24, 2.45) is 0 Å². The van der Waals surface area contributed by atoms with Crippen molar-refractivity contribution in [2.75, 3.05) is 11.9 Å². The van der Waals surface area contributed by atoms with Gasteiger partial charge in [-0.05, 0) is 42.1 Å². The molecule has 1 N–H and O–H groups in total. The first-order chi connectivity index (χ1) is 10.8. The first-order valence-electron chi connectivity index (χ1n) is 7.23. The van der Waals surface area contributed by atoms with E-state index >= 15 is 0 Å². The van der Waals surface area contributed by atoms with Gasteiger partial charge in [0, 0.05) is 23.4 Å². The van der Waals surface area contributed by atoms with Crippen molar-refractivity contribution in [1.82, 2.24) is 9.78 Å². The van der Waals surface area contributed by atoms with Gasteiger partial charge in [-0.3, -0.25) is 0 Å². The Kier molecular flexibility index (Phi) is 3.17. The predicted molar refractivity (Wildman–Crippen MR) is 87.6 cm³/mol. The topological polar surface area (TPSA) is 53.6 Å². The van der Waals surface area contributed by atoms with Crippen molar-refractivity contribution in [3.8, 4) is 11.8 Å². The van der Waals surface area contributed by atoms with Gasteiger partial charge >= 0.3 is 0 Å². The number of nitriles is 1. The van der Waals surface area contributed by atoms with E-state index in [0.29, 0.717) is 5.56 Å². The Morgan fingerprint density at radius 1 is 1.27 bits per heavy atom. The molecule has 1 aliphatic rings. The van der Waals surface area contributed by atoms with Gasteiger partial charge in [0.2, 0.25) is 0 Å². The lowest BCUT2D eigenvalue weighted by atomic mass is 10.1. The Balaban J connectivity index is 1.75. The number of thiophene rings is 1. The van der Waals surface area contributed by atoms with Crippen LogP contribution in [0.25, 0.3) is 5.69 Å². The standard InChI is InChI=1S/C17H14N4S/c18-11-12-3-5-13(6-4-12)21-17-15(7-8-19-17)16(20-21)10-14-2-1-9-22-14/h1-6,9,19H,7-8,10H2. The number of nitrogens with zero attached hydrogens (tertiary/aromatic N) is 3. The summed E-state index contributed by atoms with van der Waals surface area (Å²) in [5.41, 5.74) is 4.12. The number of rotatable bonds is 3. The van der Waals surface area contributed by atoms with Crippen LogP contribution >= 0.6 is 11.3 Å². The molecule has 0 fully saturated rings. The zero-order valence-corrected chi connectivity index (χ0v) is 12.7. The molecule has 0 radical (unpaired) electrons. The summed E-state index contributed by atoms with van der Waals surface area (Å²) >= 11 is 1.77. The van der Waals surface area contributed by atoms with E-state index in [2.05, 4.69) is 28.9 Å². The van der Waals surface area contributed by atoms with E-state index in [-0.39, 0.29) is 0 Å². The van der Waals surface area contributed by atoms with Gasteiger partial charge in [0.1, 0.15) is 5.82 Å². The Hall–Kier alpha value is -2.58. The Bertz CT molecular complexity index is 838. The summed E-state index contributed by atoms with van der Waals surface area (Å²) in [5.74, 6) is 1.09. The molecule has 3 aromatic rings. The smallest absolute Gasteiger partial charge is 0.133 e. The third-order valence-electron chi connectivity index (χ3n) is 3.90. The minimum atomic E-state index is 0.666. The van der Waals surface area contributed by atoms with Crippen molar-refractivity contribution in [2.45, 2.75) is 12.8 Å². The van der Waals surface area contributed by atoms with E-state index in [4.69, 9.17) is 10.4 Å². The molecule has 0 saturated carbocycles. The van der Waals surface area contributed by atoms with Crippen molar-refractivity contribution >= 4 is 17.2 Å². The normalized spacial score (nSPS) is 12.7. The lowest BCUT2D eigenvalue weighted by molar-refractivity contribution is 0.842. The fraction of sp³-hybridized carbons (Fsp3) is 0.176. The predicted octanol–water partition coefficient (Wildman–Crippen LogP) is 3.36. The molecule has 0 atom stereocenters. The van der Waals surface area contributed by atoms with Gasteiger partial charge in [-0.1, -0.05) is 6.07 Å². The van der Waals surface area contributed by atoms with Gasteiger partial charge in [-0.15, -0.1) is 11.3 Å². The fourth-order valence-electron chi connectivity index (χ4n) is 2.83. The Labute approximate surface area is 132 Å². The van der Waals surface area contributed by atoms with E-state index < -0.39 is 0 Å². The Morgan fingerprint density at radius 3 is 2.86 bits per heavy atom. The number of hydrogen-bond donors (Lipinski definition) is 1. The molecule has 22 heavy (non-hydrogen) atoms. The van der Waals surface area contributed by atoms with Crippen LogP contribution in [0.1, 0.15) is 21.7 Å². The number of fused-ring (bicyclic) bond motifs is 1. The molecule has 0 saturated heterocycles. The monoisotopic (exact) mass is 306 g/mol. The highest BCUT2D eigenvalue weighted by Crippen LogP contribution is 2.30. The van der Waals surface area contributed by atoms with Gasteiger partial charge in [0.15, 0.2) is 0 Å². The van der Waals surface area contributed by atoms with Crippen LogP contribution in [0, 0.1) is 11.3 Å². The molecule has 1 aromatic carbocycles. The second-order valence-electron chi connectivity index (χ2n) is 5.28. The molecular weight excluding hydrogens is 292 g/mol. The minimum absolute atomic E-state index is 0.666. The van der Waals surface area contributed by atoms with E-state index in [1.54, 1.807) is 11.3 Å². The van der Waals surface area contributed by atoms with Gasteiger partial charge in [0.25, 0.3) is 0 Å². The van der Waals surface area contributed by atoms with Crippen LogP contribution in [-0.2, 0) is 12.8 Å². The van der Waals surface area contributed by atoms with Crippen LogP contribution in [0.4, 0.5) is 5.82 Å². The summed E-state index contributed by atoms with van der Waals surface area (Å²) in [7, 11) is 0. The summed E-state index contributed by atoms with van der Waals surface area (Å²) in [4.78, 5) is 1.33. The number of nitrogens with one attached hydrogen (secondary N) is 1.